The summed E-state index contributed by atoms with van der Waals surface area (Å²) in [5.74, 6) is -0.615. The number of anilines is 1. The maximum absolute atomic E-state index is 12.2. The third-order valence-corrected chi connectivity index (χ3v) is 4.51. The van der Waals surface area contributed by atoms with E-state index in [2.05, 4.69) is 10.4 Å². The van der Waals surface area contributed by atoms with E-state index in [1.807, 2.05) is 31.4 Å². The second kappa shape index (κ2) is 4.96. The van der Waals surface area contributed by atoms with E-state index < -0.39 is 22.8 Å². The number of carbonyl (C=O) groups is 1. The number of nitrogens with zero attached hydrogens (tertiary/aromatic N) is 3. The van der Waals surface area contributed by atoms with E-state index in [0.717, 1.165) is 4.88 Å². The highest BCUT2D eigenvalue weighted by Crippen LogP contribution is 2.40. The lowest BCUT2D eigenvalue weighted by atomic mass is 9.88. The molecule has 8 heteroatoms. The zero-order chi connectivity index (χ0) is 15.1. The maximum atomic E-state index is 12.2. The van der Waals surface area contributed by atoms with E-state index >= 15 is 0 Å². The summed E-state index contributed by atoms with van der Waals surface area (Å²) in [6, 6.07) is 2.39. The number of nitro groups is 1. The molecule has 7 nitrogen and oxygen atoms in total. The van der Waals surface area contributed by atoms with Crippen LogP contribution in [0.1, 0.15) is 36.2 Å². The van der Waals surface area contributed by atoms with Crippen LogP contribution in [0.3, 0.4) is 0 Å². The number of nitrogens with one attached hydrogen (secondary N) is 1. The number of aromatic nitrogens is 2. The summed E-state index contributed by atoms with van der Waals surface area (Å²) in [4.78, 5) is 23.8. The molecule has 21 heavy (non-hydrogen) atoms. The largest absolute Gasteiger partial charge is 0.305 e. The van der Waals surface area contributed by atoms with Gasteiger partial charge in [0.05, 0.1) is 6.20 Å². The van der Waals surface area contributed by atoms with Gasteiger partial charge in [-0.15, -0.1) is 11.3 Å². The van der Waals surface area contributed by atoms with E-state index in [9.17, 15) is 14.9 Å². The molecule has 3 rings (SSSR count). The number of rotatable bonds is 3. The molecule has 110 valence electrons. The predicted molar refractivity (Wildman–Crippen MR) is 78.2 cm³/mol. The number of amides is 1. The first kappa shape index (κ1) is 13.7. The summed E-state index contributed by atoms with van der Waals surface area (Å²) < 4.78 is 1.68. The molecule has 1 aliphatic rings. The Kier molecular flexibility index (Phi) is 3.25. The van der Waals surface area contributed by atoms with Crippen molar-refractivity contribution < 1.29 is 9.72 Å². The Balaban J connectivity index is 2.18. The number of hydrogen-bond acceptors (Lipinski definition) is 5. The first-order valence-corrected chi connectivity index (χ1v) is 7.44. The number of fused-ring (bicyclic) bond motifs is 1. The highest BCUT2D eigenvalue weighted by molar-refractivity contribution is 7.10. The van der Waals surface area contributed by atoms with Gasteiger partial charge >= 0.3 is 11.9 Å². The lowest BCUT2D eigenvalue weighted by Gasteiger charge is -2.26. The van der Waals surface area contributed by atoms with Crippen molar-refractivity contribution in [1.29, 1.82) is 0 Å². The first-order chi connectivity index (χ1) is 10.0. The normalized spacial score (nSPS) is 21.2. The van der Waals surface area contributed by atoms with Crippen LogP contribution in [0.15, 0.2) is 23.7 Å². The second-order valence-electron chi connectivity index (χ2n) is 5.20. The van der Waals surface area contributed by atoms with Crippen molar-refractivity contribution in [2.24, 2.45) is 0 Å². The van der Waals surface area contributed by atoms with E-state index in [1.54, 1.807) is 10.9 Å². The van der Waals surface area contributed by atoms with Gasteiger partial charge in [0.1, 0.15) is 11.7 Å². The Labute approximate surface area is 124 Å². The van der Waals surface area contributed by atoms with Crippen LogP contribution in [0.2, 0.25) is 0 Å². The molecule has 1 aliphatic heterocycles. The fourth-order valence-electron chi connectivity index (χ4n) is 2.63. The van der Waals surface area contributed by atoms with Crippen LogP contribution in [-0.2, 0) is 4.79 Å². The summed E-state index contributed by atoms with van der Waals surface area (Å²) in [6.07, 6.45) is 1.62. The third-order valence-electron chi connectivity index (χ3n) is 3.55. The minimum atomic E-state index is -1.32. The average molecular weight is 306 g/mol. The molecule has 2 aromatic rings. The molecule has 2 aromatic heterocycles. The Hall–Kier alpha value is -2.22. The van der Waals surface area contributed by atoms with E-state index in [-0.39, 0.29) is 6.04 Å². The van der Waals surface area contributed by atoms with Crippen LogP contribution >= 0.6 is 11.3 Å². The number of thiophene rings is 1. The van der Waals surface area contributed by atoms with Gasteiger partial charge in [-0.25, -0.2) is 4.68 Å². The van der Waals surface area contributed by atoms with Crippen LogP contribution in [0.5, 0.6) is 0 Å². The van der Waals surface area contributed by atoms with Crippen LogP contribution < -0.4 is 5.32 Å². The van der Waals surface area contributed by atoms with Crippen molar-refractivity contribution in [3.8, 4) is 0 Å². The summed E-state index contributed by atoms with van der Waals surface area (Å²) >= 11 is 1.41. The lowest BCUT2D eigenvalue weighted by Crippen LogP contribution is -2.44. The van der Waals surface area contributed by atoms with Crippen LogP contribution in [0, 0.1) is 10.1 Å². The number of hydrogen-bond donors (Lipinski definition) is 1. The predicted octanol–water partition coefficient (Wildman–Crippen LogP) is 2.25. The van der Waals surface area contributed by atoms with Gasteiger partial charge in [0.25, 0.3) is 0 Å². The van der Waals surface area contributed by atoms with E-state index in [1.165, 1.54) is 11.3 Å². The average Bonchev–Trinajstić information content (AvgIpc) is 3.05. The van der Waals surface area contributed by atoms with Gasteiger partial charge in [-0.1, -0.05) is 6.07 Å². The summed E-state index contributed by atoms with van der Waals surface area (Å²) in [6.45, 7) is 3.89. The quantitative estimate of drug-likeness (QED) is 0.695. The molecular weight excluding hydrogens is 292 g/mol. The first-order valence-electron chi connectivity index (χ1n) is 6.56. The van der Waals surface area contributed by atoms with Gasteiger partial charge in [0, 0.05) is 21.4 Å². The van der Waals surface area contributed by atoms with Crippen molar-refractivity contribution in [3.63, 3.8) is 0 Å². The second-order valence-corrected chi connectivity index (χ2v) is 6.18. The monoisotopic (exact) mass is 306 g/mol. The van der Waals surface area contributed by atoms with Crippen molar-refractivity contribution in [3.05, 3.63) is 44.3 Å². The SMILES string of the molecule is CC(C)n1ncc2c1NC(=O)[C@@H]([N+](=O)[O-])[C@@H]2c1cccs1. The molecule has 0 aromatic carbocycles. The van der Waals surface area contributed by atoms with Crippen molar-refractivity contribution in [1.82, 2.24) is 9.78 Å². The molecule has 2 atom stereocenters. The highest BCUT2D eigenvalue weighted by Gasteiger charge is 2.47. The Morgan fingerprint density at radius 1 is 1.52 bits per heavy atom. The van der Waals surface area contributed by atoms with Gasteiger partial charge in [-0.2, -0.15) is 5.10 Å². The standard InChI is InChI=1S/C13H14N4O3S/c1-7(2)16-12-8(6-14-16)10(9-4-3-5-21-9)11(17(19)20)13(18)15-12/h3-7,10-11H,1-2H3,(H,15,18)/t10-,11-/m0/s1. The lowest BCUT2D eigenvalue weighted by molar-refractivity contribution is -0.509. The molecule has 0 bridgehead atoms. The van der Waals surface area contributed by atoms with Crippen molar-refractivity contribution in [2.45, 2.75) is 31.8 Å². The topological polar surface area (TPSA) is 90.1 Å². The van der Waals surface area contributed by atoms with Crippen LogP contribution in [0.25, 0.3) is 0 Å². The Morgan fingerprint density at radius 2 is 2.29 bits per heavy atom. The van der Waals surface area contributed by atoms with Crippen molar-refractivity contribution >= 4 is 23.1 Å². The molecule has 0 fully saturated rings. The van der Waals surface area contributed by atoms with Gasteiger partial charge in [0.2, 0.25) is 0 Å². The van der Waals surface area contributed by atoms with Gasteiger partial charge in [0.15, 0.2) is 0 Å². The van der Waals surface area contributed by atoms with Gasteiger partial charge < -0.3 is 5.32 Å². The van der Waals surface area contributed by atoms with Gasteiger partial charge in [-0.05, 0) is 25.3 Å². The molecule has 0 spiro atoms. The smallest absolute Gasteiger partial charge is 0.301 e. The highest BCUT2D eigenvalue weighted by atomic mass is 32.1. The maximum Gasteiger partial charge on any atom is 0.301 e. The molecule has 0 unspecified atom stereocenters. The summed E-state index contributed by atoms with van der Waals surface area (Å²) in [5.41, 5.74) is 0.701. The fourth-order valence-corrected chi connectivity index (χ4v) is 3.50. The van der Waals surface area contributed by atoms with E-state index in [4.69, 9.17) is 0 Å². The molecule has 0 aliphatic carbocycles. The molecule has 0 saturated heterocycles. The zero-order valence-corrected chi connectivity index (χ0v) is 12.3. The number of carbonyl (C=O) groups excluding carboxylic acids is 1. The van der Waals surface area contributed by atoms with Crippen LogP contribution in [0.4, 0.5) is 5.82 Å². The minimum Gasteiger partial charge on any atom is -0.305 e. The summed E-state index contributed by atoms with van der Waals surface area (Å²) in [5, 5.41) is 20.1. The third kappa shape index (κ3) is 2.11. The zero-order valence-electron chi connectivity index (χ0n) is 11.5. The molecule has 3 heterocycles. The molecule has 1 amide bonds. The van der Waals surface area contributed by atoms with E-state index in [0.29, 0.717) is 11.4 Å². The van der Waals surface area contributed by atoms with Crippen molar-refractivity contribution in [2.75, 3.05) is 5.32 Å². The Bertz CT molecular complexity index is 692. The molecule has 0 radical (unpaired) electrons. The Morgan fingerprint density at radius 3 is 2.86 bits per heavy atom. The minimum absolute atomic E-state index is 0.0604. The molecule has 1 N–H and O–H groups in total. The molecule has 0 saturated carbocycles. The molecular formula is C13H14N4O3S. The summed E-state index contributed by atoms with van der Waals surface area (Å²) in [7, 11) is 0. The van der Waals surface area contributed by atoms with Gasteiger partial charge in [-0.3, -0.25) is 14.9 Å². The van der Waals surface area contributed by atoms with Crippen LogP contribution in [-0.4, -0.2) is 26.7 Å². The fraction of sp³-hybridized carbons (Fsp3) is 0.385.